The first-order valence-corrected chi connectivity index (χ1v) is 8.67. The van der Waals surface area contributed by atoms with Crippen LogP contribution in [-0.4, -0.2) is 24.0 Å². The molecular formula is C20H21FN2O4. The number of benzene rings is 2. The van der Waals surface area contributed by atoms with Crippen molar-refractivity contribution in [3.63, 3.8) is 0 Å². The molecular weight excluding hydrogens is 351 g/mol. The zero-order valence-corrected chi connectivity index (χ0v) is 15.2. The third kappa shape index (κ3) is 4.55. The van der Waals surface area contributed by atoms with Crippen LogP contribution in [0.2, 0.25) is 0 Å². The number of hydrogen-bond donors (Lipinski definition) is 2. The molecule has 0 radical (unpaired) electrons. The van der Waals surface area contributed by atoms with Gasteiger partial charge in [-0.1, -0.05) is 12.1 Å². The molecule has 2 aromatic carbocycles. The largest absolute Gasteiger partial charge is 0.491 e. The van der Waals surface area contributed by atoms with E-state index in [0.29, 0.717) is 23.5 Å². The summed E-state index contributed by atoms with van der Waals surface area (Å²) in [7, 11) is 0. The highest BCUT2D eigenvalue weighted by Gasteiger charge is 2.35. The SMILES string of the molecule is CC1(C)Oc2ccc(NC(=O)CCCOc3ccccc3F)cc2NC1=O. The van der Waals surface area contributed by atoms with Crippen molar-refractivity contribution in [2.24, 2.45) is 0 Å². The maximum Gasteiger partial charge on any atom is 0.268 e. The van der Waals surface area contributed by atoms with Gasteiger partial charge in [0.05, 0.1) is 12.3 Å². The van der Waals surface area contributed by atoms with E-state index >= 15 is 0 Å². The van der Waals surface area contributed by atoms with Gasteiger partial charge in [-0.15, -0.1) is 0 Å². The fraction of sp³-hybridized carbons (Fsp3) is 0.300. The minimum atomic E-state index is -0.935. The van der Waals surface area contributed by atoms with E-state index in [1.54, 1.807) is 50.2 Å². The fourth-order valence-electron chi connectivity index (χ4n) is 2.59. The third-order valence-corrected chi connectivity index (χ3v) is 4.07. The average molecular weight is 372 g/mol. The number of nitrogens with one attached hydrogen (secondary N) is 2. The molecule has 3 rings (SSSR count). The molecule has 0 bridgehead atoms. The number of ether oxygens (including phenoxy) is 2. The first-order valence-electron chi connectivity index (χ1n) is 8.67. The second-order valence-corrected chi connectivity index (χ2v) is 6.71. The van der Waals surface area contributed by atoms with Crippen molar-refractivity contribution >= 4 is 23.2 Å². The molecule has 0 aromatic heterocycles. The van der Waals surface area contributed by atoms with Crippen LogP contribution >= 0.6 is 0 Å². The molecule has 0 spiro atoms. The van der Waals surface area contributed by atoms with Gasteiger partial charge in [0.2, 0.25) is 5.91 Å². The van der Waals surface area contributed by atoms with Gasteiger partial charge in [0, 0.05) is 12.1 Å². The van der Waals surface area contributed by atoms with Crippen LogP contribution in [0.25, 0.3) is 0 Å². The molecule has 0 saturated heterocycles. The van der Waals surface area contributed by atoms with Gasteiger partial charge in [-0.2, -0.15) is 0 Å². The van der Waals surface area contributed by atoms with Crippen LogP contribution in [0.1, 0.15) is 26.7 Å². The van der Waals surface area contributed by atoms with E-state index in [0.717, 1.165) is 0 Å². The van der Waals surface area contributed by atoms with Gasteiger partial charge in [0.15, 0.2) is 17.2 Å². The van der Waals surface area contributed by atoms with Gasteiger partial charge in [-0.05, 0) is 50.6 Å². The zero-order valence-electron chi connectivity index (χ0n) is 15.2. The zero-order chi connectivity index (χ0) is 19.4. The topological polar surface area (TPSA) is 76.7 Å². The van der Waals surface area contributed by atoms with Gasteiger partial charge >= 0.3 is 0 Å². The maximum absolute atomic E-state index is 13.4. The standard InChI is InChI=1S/C20H21FN2O4/c1-20(2)19(25)23-15-12-13(9-10-17(15)27-20)22-18(24)8-5-11-26-16-7-4-3-6-14(16)21/h3-4,6-7,9-10,12H,5,8,11H2,1-2H3,(H,22,24)(H,23,25). The molecule has 1 aliphatic rings. The lowest BCUT2D eigenvalue weighted by atomic mass is 10.1. The normalized spacial score (nSPS) is 14.6. The van der Waals surface area contributed by atoms with Crippen molar-refractivity contribution in [2.75, 3.05) is 17.2 Å². The van der Waals surface area contributed by atoms with Crippen molar-refractivity contribution < 1.29 is 23.5 Å². The van der Waals surface area contributed by atoms with Gasteiger partial charge in [-0.25, -0.2) is 4.39 Å². The maximum atomic E-state index is 13.4. The van der Waals surface area contributed by atoms with Crippen LogP contribution in [0.3, 0.4) is 0 Å². The van der Waals surface area contributed by atoms with E-state index in [-0.39, 0.29) is 30.6 Å². The van der Waals surface area contributed by atoms with Crippen LogP contribution in [0.15, 0.2) is 42.5 Å². The highest BCUT2D eigenvalue weighted by molar-refractivity contribution is 6.01. The molecule has 2 aromatic rings. The molecule has 142 valence electrons. The Balaban J connectivity index is 1.49. The van der Waals surface area contributed by atoms with Crippen LogP contribution in [0.4, 0.5) is 15.8 Å². The predicted octanol–water partition coefficient (Wildman–Crippen LogP) is 3.73. The Morgan fingerprint density at radius 1 is 1.26 bits per heavy atom. The van der Waals surface area contributed by atoms with Crippen LogP contribution in [0, 0.1) is 5.82 Å². The van der Waals surface area contributed by atoms with Crippen molar-refractivity contribution in [1.82, 2.24) is 0 Å². The summed E-state index contributed by atoms with van der Waals surface area (Å²) in [5.41, 5.74) is 0.132. The Bertz CT molecular complexity index is 867. The summed E-state index contributed by atoms with van der Waals surface area (Å²) in [6.07, 6.45) is 0.667. The molecule has 0 unspecified atom stereocenters. The lowest BCUT2D eigenvalue weighted by molar-refractivity contribution is -0.129. The molecule has 2 N–H and O–H groups in total. The average Bonchev–Trinajstić information content (AvgIpc) is 2.61. The summed E-state index contributed by atoms with van der Waals surface area (Å²) < 4.78 is 24.4. The summed E-state index contributed by atoms with van der Waals surface area (Å²) in [5, 5.41) is 5.53. The molecule has 2 amide bonds. The van der Waals surface area contributed by atoms with E-state index in [1.165, 1.54) is 6.07 Å². The highest BCUT2D eigenvalue weighted by Crippen LogP contribution is 2.35. The Hall–Kier alpha value is -3.09. The minimum Gasteiger partial charge on any atom is -0.491 e. The lowest BCUT2D eigenvalue weighted by Gasteiger charge is -2.31. The fourth-order valence-corrected chi connectivity index (χ4v) is 2.59. The second-order valence-electron chi connectivity index (χ2n) is 6.71. The first kappa shape index (κ1) is 18.7. The molecule has 6 nitrogen and oxygen atoms in total. The van der Waals surface area contributed by atoms with Crippen LogP contribution in [0.5, 0.6) is 11.5 Å². The number of para-hydroxylation sites is 1. The van der Waals surface area contributed by atoms with Crippen molar-refractivity contribution in [1.29, 1.82) is 0 Å². The molecule has 0 fully saturated rings. The van der Waals surface area contributed by atoms with Crippen LogP contribution < -0.4 is 20.1 Å². The third-order valence-electron chi connectivity index (χ3n) is 4.07. The number of halogens is 1. The molecule has 0 saturated carbocycles. The molecule has 1 aliphatic heterocycles. The monoisotopic (exact) mass is 372 g/mol. The number of anilines is 2. The molecule has 27 heavy (non-hydrogen) atoms. The predicted molar refractivity (Wildman–Crippen MR) is 99.5 cm³/mol. The molecule has 7 heteroatoms. The van der Waals surface area contributed by atoms with Gasteiger partial charge in [-0.3, -0.25) is 9.59 Å². The van der Waals surface area contributed by atoms with E-state index in [4.69, 9.17) is 9.47 Å². The lowest BCUT2D eigenvalue weighted by Crippen LogP contribution is -2.45. The number of fused-ring (bicyclic) bond motifs is 1. The van der Waals surface area contributed by atoms with E-state index in [1.807, 2.05) is 0 Å². The number of amides is 2. The van der Waals surface area contributed by atoms with Crippen LogP contribution in [-0.2, 0) is 9.59 Å². The van der Waals surface area contributed by atoms with Gasteiger partial charge < -0.3 is 20.1 Å². The Kier molecular flexibility index (Phi) is 5.30. The second kappa shape index (κ2) is 7.65. The number of carbonyl (C=O) groups is 2. The first-order chi connectivity index (χ1) is 12.8. The number of rotatable bonds is 6. The molecule has 0 atom stereocenters. The number of hydrogen-bond acceptors (Lipinski definition) is 4. The summed E-state index contributed by atoms with van der Waals surface area (Å²) in [4.78, 5) is 24.0. The minimum absolute atomic E-state index is 0.172. The van der Waals surface area contributed by atoms with E-state index in [9.17, 15) is 14.0 Å². The van der Waals surface area contributed by atoms with Gasteiger partial charge in [0.1, 0.15) is 5.75 Å². The van der Waals surface area contributed by atoms with Crippen molar-refractivity contribution in [2.45, 2.75) is 32.3 Å². The van der Waals surface area contributed by atoms with Crippen molar-refractivity contribution in [3.8, 4) is 11.5 Å². The van der Waals surface area contributed by atoms with E-state index in [2.05, 4.69) is 10.6 Å². The summed E-state index contributed by atoms with van der Waals surface area (Å²) >= 11 is 0. The van der Waals surface area contributed by atoms with E-state index < -0.39 is 11.4 Å². The smallest absolute Gasteiger partial charge is 0.268 e. The molecule has 1 heterocycles. The quantitative estimate of drug-likeness (QED) is 0.758. The highest BCUT2D eigenvalue weighted by atomic mass is 19.1. The Morgan fingerprint density at radius 2 is 2.04 bits per heavy atom. The Labute approximate surface area is 156 Å². The number of carbonyl (C=O) groups excluding carboxylic acids is 2. The Morgan fingerprint density at radius 3 is 2.81 bits per heavy atom. The summed E-state index contributed by atoms with van der Waals surface area (Å²) in [5.74, 6) is -0.148. The molecule has 0 aliphatic carbocycles. The summed E-state index contributed by atoms with van der Waals surface area (Å²) in [6, 6.07) is 11.2. The van der Waals surface area contributed by atoms with Gasteiger partial charge in [0.25, 0.3) is 5.91 Å². The summed E-state index contributed by atoms with van der Waals surface area (Å²) in [6.45, 7) is 3.60. The van der Waals surface area contributed by atoms with Crippen molar-refractivity contribution in [3.05, 3.63) is 48.3 Å².